The number of hydrogen-bond donors (Lipinski definition) is 1. The van der Waals surface area contributed by atoms with Crippen LogP contribution in [0.15, 0.2) is 42.6 Å². The molecule has 1 aromatic heterocycles. The van der Waals surface area contributed by atoms with Crippen molar-refractivity contribution < 1.29 is 18.0 Å². The maximum absolute atomic E-state index is 13.0. The number of amides is 1. The highest BCUT2D eigenvalue weighted by molar-refractivity contribution is 6.34. The molecule has 0 spiro atoms. The summed E-state index contributed by atoms with van der Waals surface area (Å²) in [6, 6.07) is 8.04. The van der Waals surface area contributed by atoms with Gasteiger partial charge in [0, 0.05) is 11.1 Å². The van der Waals surface area contributed by atoms with Gasteiger partial charge in [0.2, 0.25) is 5.91 Å². The molecule has 3 rings (SSSR count). The van der Waals surface area contributed by atoms with Crippen LogP contribution in [0.25, 0.3) is 22.3 Å². The van der Waals surface area contributed by atoms with Crippen molar-refractivity contribution in [3.63, 3.8) is 0 Å². The van der Waals surface area contributed by atoms with Crippen molar-refractivity contribution in [3.8, 4) is 11.3 Å². The number of benzene rings is 2. The number of hydrogen-bond acceptors (Lipinski definition) is 3. The first kappa shape index (κ1) is 16.2. The number of aromatic nitrogens is 2. The molecule has 0 saturated heterocycles. The smallest absolute Gasteiger partial charge is 0.366 e. The molecule has 24 heavy (non-hydrogen) atoms. The largest absolute Gasteiger partial charge is 0.417 e. The Labute approximate surface area is 139 Å². The predicted molar refractivity (Wildman–Crippen MR) is 83.5 cm³/mol. The van der Waals surface area contributed by atoms with E-state index in [1.807, 2.05) is 0 Å². The average molecular weight is 352 g/mol. The third-order valence-electron chi connectivity index (χ3n) is 3.41. The van der Waals surface area contributed by atoms with E-state index in [9.17, 15) is 18.0 Å². The van der Waals surface area contributed by atoms with E-state index < -0.39 is 22.7 Å². The Kier molecular flexibility index (Phi) is 3.88. The van der Waals surface area contributed by atoms with Crippen LogP contribution in [-0.4, -0.2) is 15.9 Å². The number of carbonyl (C=O) groups is 1. The van der Waals surface area contributed by atoms with Gasteiger partial charge in [0.05, 0.1) is 33.5 Å². The van der Waals surface area contributed by atoms with Crippen LogP contribution in [0.4, 0.5) is 13.2 Å². The second-order valence-electron chi connectivity index (χ2n) is 4.99. The lowest BCUT2D eigenvalue weighted by atomic mass is 10.1. The summed E-state index contributed by atoms with van der Waals surface area (Å²) in [5, 5.41) is -0.438. The minimum absolute atomic E-state index is 0.125. The lowest BCUT2D eigenvalue weighted by Crippen LogP contribution is -2.10. The molecule has 2 N–H and O–H groups in total. The lowest BCUT2D eigenvalue weighted by Gasteiger charge is -2.12. The van der Waals surface area contributed by atoms with Gasteiger partial charge in [-0.1, -0.05) is 23.7 Å². The second-order valence-corrected chi connectivity index (χ2v) is 5.37. The summed E-state index contributed by atoms with van der Waals surface area (Å²) in [5.74, 6) is -0.608. The van der Waals surface area contributed by atoms with Gasteiger partial charge in [0.25, 0.3) is 0 Å². The Morgan fingerprint density at radius 2 is 1.88 bits per heavy atom. The molecule has 8 heteroatoms. The van der Waals surface area contributed by atoms with E-state index in [0.29, 0.717) is 11.0 Å². The molecule has 0 aliphatic heterocycles. The molecule has 0 radical (unpaired) electrons. The van der Waals surface area contributed by atoms with Gasteiger partial charge in [-0.15, -0.1) is 0 Å². The summed E-state index contributed by atoms with van der Waals surface area (Å²) in [6.07, 6.45) is -3.26. The fraction of sp³-hybridized carbons (Fsp3) is 0.0625. The van der Waals surface area contributed by atoms with E-state index >= 15 is 0 Å². The monoisotopic (exact) mass is 351 g/mol. The highest BCUT2D eigenvalue weighted by atomic mass is 35.5. The summed E-state index contributed by atoms with van der Waals surface area (Å²) in [7, 11) is 0. The van der Waals surface area contributed by atoms with Crippen molar-refractivity contribution in [2.24, 2.45) is 5.73 Å². The Hall–Kier alpha value is -2.67. The third kappa shape index (κ3) is 2.90. The van der Waals surface area contributed by atoms with Crippen LogP contribution in [0.5, 0.6) is 0 Å². The molecule has 0 atom stereocenters. The Morgan fingerprint density at radius 1 is 1.12 bits per heavy atom. The number of carbonyl (C=O) groups excluding carboxylic acids is 1. The highest BCUT2D eigenvalue weighted by Gasteiger charge is 2.34. The molecule has 0 aliphatic rings. The third-order valence-corrected chi connectivity index (χ3v) is 3.81. The minimum atomic E-state index is -4.56. The van der Waals surface area contributed by atoms with Crippen LogP contribution in [-0.2, 0) is 6.18 Å². The number of primary amides is 1. The number of nitrogens with two attached hydrogens (primary N) is 1. The molecule has 3 aromatic rings. The number of halogens is 4. The number of rotatable bonds is 2. The first-order chi connectivity index (χ1) is 11.3. The Morgan fingerprint density at radius 3 is 2.54 bits per heavy atom. The summed E-state index contributed by atoms with van der Waals surface area (Å²) in [5.41, 5.74) is 5.65. The quantitative estimate of drug-likeness (QED) is 0.756. The summed E-state index contributed by atoms with van der Waals surface area (Å²) in [6.45, 7) is 0. The molecule has 0 saturated carbocycles. The van der Waals surface area contributed by atoms with E-state index in [1.165, 1.54) is 36.5 Å². The fourth-order valence-electron chi connectivity index (χ4n) is 2.24. The van der Waals surface area contributed by atoms with Crippen molar-refractivity contribution in [2.45, 2.75) is 6.18 Å². The zero-order valence-electron chi connectivity index (χ0n) is 11.9. The van der Waals surface area contributed by atoms with Gasteiger partial charge < -0.3 is 5.73 Å². The Bertz CT molecular complexity index is 957. The van der Waals surface area contributed by atoms with E-state index in [-0.39, 0.29) is 16.8 Å². The van der Waals surface area contributed by atoms with Crippen molar-refractivity contribution in [1.82, 2.24) is 9.97 Å². The summed E-state index contributed by atoms with van der Waals surface area (Å²) in [4.78, 5) is 19.5. The van der Waals surface area contributed by atoms with Crippen LogP contribution < -0.4 is 5.73 Å². The van der Waals surface area contributed by atoms with Gasteiger partial charge in [-0.05, 0) is 24.3 Å². The molecular formula is C16H9ClF3N3O. The zero-order valence-corrected chi connectivity index (χ0v) is 12.7. The van der Waals surface area contributed by atoms with Gasteiger partial charge in [-0.2, -0.15) is 13.2 Å². The minimum Gasteiger partial charge on any atom is -0.366 e. The number of fused-ring (bicyclic) bond motifs is 1. The van der Waals surface area contributed by atoms with E-state index in [2.05, 4.69) is 9.97 Å². The van der Waals surface area contributed by atoms with Crippen LogP contribution in [0.1, 0.15) is 15.9 Å². The fourth-order valence-corrected chi connectivity index (χ4v) is 2.57. The molecule has 0 unspecified atom stereocenters. The topological polar surface area (TPSA) is 68.9 Å². The van der Waals surface area contributed by atoms with Gasteiger partial charge in [-0.25, -0.2) is 4.98 Å². The molecule has 0 fully saturated rings. The zero-order chi connectivity index (χ0) is 17.5. The normalized spacial score (nSPS) is 11.7. The van der Waals surface area contributed by atoms with Gasteiger partial charge in [-0.3, -0.25) is 9.78 Å². The van der Waals surface area contributed by atoms with Crippen LogP contribution in [0.3, 0.4) is 0 Å². The number of nitrogens with zero attached hydrogens (tertiary/aromatic N) is 2. The molecule has 4 nitrogen and oxygen atoms in total. The van der Waals surface area contributed by atoms with Gasteiger partial charge in [0.15, 0.2) is 0 Å². The lowest BCUT2D eigenvalue weighted by molar-refractivity contribution is -0.137. The average Bonchev–Trinajstić information content (AvgIpc) is 2.53. The van der Waals surface area contributed by atoms with Crippen molar-refractivity contribution in [1.29, 1.82) is 0 Å². The first-order valence-electron chi connectivity index (χ1n) is 6.70. The summed E-state index contributed by atoms with van der Waals surface area (Å²) < 4.78 is 38.9. The molecule has 2 aromatic carbocycles. The van der Waals surface area contributed by atoms with Crippen LogP contribution >= 0.6 is 11.6 Å². The molecule has 0 bridgehead atoms. The van der Waals surface area contributed by atoms with Gasteiger partial charge in [0.1, 0.15) is 0 Å². The van der Waals surface area contributed by atoms with Crippen LogP contribution in [0, 0.1) is 0 Å². The summed E-state index contributed by atoms with van der Waals surface area (Å²) >= 11 is 5.90. The Balaban J connectivity index is 2.14. The molecular weight excluding hydrogens is 343 g/mol. The molecule has 122 valence electrons. The molecule has 0 aliphatic carbocycles. The van der Waals surface area contributed by atoms with Crippen molar-refractivity contribution in [2.75, 3.05) is 0 Å². The molecule has 1 heterocycles. The second kappa shape index (κ2) is 5.76. The molecule has 1 amide bonds. The van der Waals surface area contributed by atoms with E-state index in [4.69, 9.17) is 17.3 Å². The van der Waals surface area contributed by atoms with Crippen molar-refractivity contribution in [3.05, 3.63) is 58.7 Å². The maximum atomic E-state index is 13.0. The van der Waals surface area contributed by atoms with Gasteiger partial charge >= 0.3 is 6.18 Å². The number of alkyl halides is 3. The SMILES string of the molecule is NC(=O)c1ccc2nc(-c3cccc(C(F)(F)F)c3Cl)cnc2c1. The van der Waals surface area contributed by atoms with E-state index in [0.717, 1.165) is 6.07 Å². The predicted octanol–water partition coefficient (Wildman–Crippen LogP) is 4.07. The highest BCUT2D eigenvalue weighted by Crippen LogP contribution is 2.39. The van der Waals surface area contributed by atoms with Crippen molar-refractivity contribution >= 4 is 28.5 Å². The standard InChI is InChI=1S/C16H9ClF3N3O/c17-14-9(2-1-3-10(14)16(18,19)20)13-7-22-12-6-8(15(21)24)4-5-11(12)23-13/h1-7H,(H2,21,24). The first-order valence-corrected chi connectivity index (χ1v) is 7.08. The van der Waals surface area contributed by atoms with Crippen LogP contribution in [0.2, 0.25) is 5.02 Å². The van der Waals surface area contributed by atoms with E-state index in [1.54, 1.807) is 0 Å². The maximum Gasteiger partial charge on any atom is 0.417 e.